The third-order valence-electron chi connectivity index (χ3n) is 1.82. The fourth-order valence-corrected chi connectivity index (χ4v) is 3.60. The molecule has 0 saturated carbocycles. The van der Waals surface area contributed by atoms with Crippen molar-refractivity contribution in [2.75, 3.05) is 0 Å². The summed E-state index contributed by atoms with van der Waals surface area (Å²) in [4.78, 5) is 6.60. The highest BCUT2D eigenvalue weighted by atomic mass is 35.5. The van der Waals surface area contributed by atoms with Gasteiger partial charge in [0.1, 0.15) is 4.21 Å². The van der Waals surface area contributed by atoms with Crippen molar-refractivity contribution in [3.63, 3.8) is 0 Å². The molecular weight excluding hydrogens is 270 g/mol. The van der Waals surface area contributed by atoms with Crippen molar-refractivity contribution in [2.45, 2.75) is 10.8 Å². The summed E-state index contributed by atoms with van der Waals surface area (Å²) in [5, 5.41) is 0. The third-order valence-corrected chi connectivity index (χ3v) is 4.95. The first-order valence-electron chi connectivity index (χ1n) is 4.30. The molecule has 2 rings (SSSR count). The topological polar surface area (TPSA) is 74.8 Å². The number of halogens is 1. The molecule has 0 aliphatic rings. The number of rotatable bonds is 4. The molecule has 0 bridgehead atoms. The minimum Gasteiger partial charge on any atom is -0.347 e. The molecule has 2 aromatic rings. The molecule has 16 heavy (non-hydrogen) atoms. The van der Waals surface area contributed by atoms with E-state index in [1.54, 1.807) is 12.3 Å². The molecule has 8 heteroatoms. The average Bonchev–Trinajstić information content (AvgIpc) is 2.85. The third kappa shape index (κ3) is 2.62. The largest absolute Gasteiger partial charge is 0.347 e. The molecule has 0 spiro atoms. The maximum Gasteiger partial charge on any atom is 0.250 e. The molecule has 0 radical (unpaired) electrons. The standard InChI is InChI=1S/C8H8ClN3O2S2/c9-7-1-2-8(15-7)16(13,14)12-4-6-3-10-5-11-6/h1-3,5,12H,4H2,(H,10,11). The molecule has 5 nitrogen and oxygen atoms in total. The van der Waals surface area contributed by atoms with Crippen LogP contribution in [0, 0.1) is 0 Å². The first-order chi connectivity index (χ1) is 7.58. The van der Waals surface area contributed by atoms with Crippen LogP contribution < -0.4 is 4.72 Å². The lowest BCUT2D eigenvalue weighted by molar-refractivity contribution is 0.582. The number of hydrogen-bond acceptors (Lipinski definition) is 4. The molecule has 0 fully saturated rings. The minimum atomic E-state index is -3.48. The summed E-state index contributed by atoms with van der Waals surface area (Å²) in [7, 11) is -3.48. The van der Waals surface area contributed by atoms with Crippen LogP contribution in [0.2, 0.25) is 4.34 Å². The van der Waals surface area contributed by atoms with Gasteiger partial charge in [0.25, 0.3) is 0 Å². The van der Waals surface area contributed by atoms with Gasteiger partial charge < -0.3 is 4.98 Å². The van der Waals surface area contributed by atoms with E-state index in [1.165, 1.54) is 12.4 Å². The van der Waals surface area contributed by atoms with Crippen LogP contribution in [0.15, 0.2) is 28.9 Å². The zero-order valence-corrected chi connectivity index (χ0v) is 10.4. The summed E-state index contributed by atoms with van der Waals surface area (Å²) >= 11 is 6.70. The number of hydrogen-bond donors (Lipinski definition) is 2. The summed E-state index contributed by atoms with van der Waals surface area (Å²) in [6.07, 6.45) is 3.05. The maximum absolute atomic E-state index is 11.7. The Morgan fingerprint density at radius 1 is 1.50 bits per heavy atom. The molecule has 0 amide bonds. The molecule has 0 atom stereocenters. The second-order valence-corrected chi connectivity index (χ2v) is 6.67. The summed E-state index contributed by atoms with van der Waals surface area (Å²) in [5.41, 5.74) is 0.700. The Bertz CT molecular complexity index is 562. The van der Waals surface area contributed by atoms with E-state index in [1.807, 2.05) is 0 Å². The minimum absolute atomic E-state index is 0.178. The van der Waals surface area contributed by atoms with Crippen LogP contribution >= 0.6 is 22.9 Å². The number of aromatic amines is 1. The molecule has 2 aromatic heterocycles. The normalized spacial score (nSPS) is 11.8. The summed E-state index contributed by atoms with van der Waals surface area (Å²) in [5.74, 6) is 0. The highest BCUT2D eigenvalue weighted by molar-refractivity contribution is 7.91. The van der Waals surface area contributed by atoms with Crippen LogP contribution in [-0.2, 0) is 16.6 Å². The SMILES string of the molecule is O=S(=O)(NCc1cnc[nH]1)c1ccc(Cl)s1. The summed E-state index contributed by atoms with van der Waals surface area (Å²) in [6.45, 7) is 0.178. The van der Waals surface area contributed by atoms with Crippen molar-refractivity contribution < 1.29 is 8.42 Å². The zero-order chi connectivity index (χ0) is 11.6. The van der Waals surface area contributed by atoms with Crippen LogP contribution in [0.5, 0.6) is 0 Å². The van der Waals surface area contributed by atoms with Crippen molar-refractivity contribution in [1.82, 2.24) is 14.7 Å². The Balaban J connectivity index is 2.09. The lowest BCUT2D eigenvalue weighted by Crippen LogP contribution is -2.22. The van der Waals surface area contributed by atoms with E-state index in [2.05, 4.69) is 14.7 Å². The lowest BCUT2D eigenvalue weighted by Gasteiger charge is -2.02. The van der Waals surface area contributed by atoms with Gasteiger partial charge in [-0.15, -0.1) is 11.3 Å². The second-order valence-electron chi connectivity index (χ2n) is 2.96. The highest BCUT2D eigenvalue weighted by Gasteiger charge is 2.16. The van der Waals surface area contributed by atoms with Gasteiger partial charge in [0, 0.05) is 11.9 Å². The maximum atomic E-state index is 11.7. The van der Waals surface area contributed by atoms with Crippen molar-refractivity contribution in [1.29, 1.82) is 0 Å². The molecular formula is C8H8ClN3O2S2. The monoisotopic (exact) mass is 277 g/mol. The van der Waals surface area contributed by atoms with Gasteiger partial charge in [-0.2, -0.15) is 0 Å². The smallest absolute Gasteiger partial charge is 0.250 e. The van der Waals surface area contributed by atoms with Crippen LogP contribution in [0.1, 0.15) is 5.69 Å². The Morgan fingerprint density at radius 2 is 2.31 bits per heavy atom. The van der Waals surface area contributed by atoms with E-state index in [0.717, 1.165) is 11.3 Å². The fraction of sp³-hybridized carbons (Fsp3) is 0.125. The van der Waals surface area contributed by atoms with Crippen LogP contribution in [-0.4, -0.2) is 18.4 Å². The number of H-pyrrole nitrogens is 1. The van der Waals surface area contributed by atoms with Crippen LogP contribution in [0.25, 0.3) is 0 Å². The van der Waals surface area contributed by atoms with Crippen molar-refractivity contribution in [2.24, 2.45) is 0 Å². The van der Waals surface area contributed by atoms with Crippen molar-refractivity contribution in [3.05, 3.63) is 34.7 Å². The number of aromatic nitrogens is 2. The van der Waals surface area contributed by atoms with Gasteiger partial charge in [-0.1, -0.05) is 11.6 Å². The first-order valence-corrected chi connectivity index (χ1v) is 6.98. The molecule has 0 aromatic carbocycles. The van der Waals surface area contributed by atoms with Gasteiger partial charge in [0.2, 0.25) is 10.0 Å². The average molecular weight is 278 g/mol. The Morgan fingerprint density at radius 3 is 2.88 bits per heavy atom. The number of sulfonamides is 1. The number of thiophene rings is 1. The van der Waals surface area contributed by atoms with E-state index in [4.69, 9.17) is 11.6 Å². The van der Waals surface area contributed by atoms with Crippen LogP contribution in [0.4, 0.5) is 0 Å². The van der Waals surface area contributed by atoms with Gasteiger partial charge >= 0.3 is 0 Å². The molecule has 0 unspecified atom stereocenters. The number of imidazole rings is 1. The van der Waals surface area contributed by atoms with E-state index < -0.39 is 10.0 Å². The van der Waals surface area contributed by atoms with Crippen molar-refractivity contribution in [3.8, 4) is 0 Å². The Kier molecular flexibility index (Phi) is 3.29. The van der Waals surface area contributed by atoms with E-state index >= 15 is 0 Å². The molecule has 0 saturated heterocycles. The molecule has 2 N–H and O–H groups in total. The highest BCUT2D eigenvalue weighted by Crippen LogP contribution is 2.25. The zero-order valence-electron chi connectivity index (χ0n) is 7.97. The van der Waals surface area contributed by atoms with Gasteiger partial charge in [0.05, 0.1) is 17.2 Å². The van der Waals surface area contributed by atoms with Gasteiger partial charge in [0.15, 0.2) is 0 Å². The fourth-order valence-electron chi connectivity index (χ4n) is 1.07. The van der Waals surface area contributed by atoms with Gasteiger partial charge in [-0.3, -0.25) is 0 Å². The van der Waals surface area contributed by atoms with E-state index in [0.29, 0.717) is 10.0 Å². The predicted octanol–water partition coefficient (Wildman–Crippen LogP) is 1.60. The second kappa shape index (κ2) is 4.54. The summed E-state index contributed by atoms with van der Waals surface area (Å²) in [6, 6.07) is 3.03. The number of nitrogens with one attached hydrogen (secondary N) is 2. The number of nitrogens with zero attached hydrogens (tertiary/aromatic N) is 1. The van der Waals surface area contributed by atoms with E-state index in [-0.39, 0.29) is 10.8 Å². The molecule has 0 aliphatic carbocycles. The lowest BCUT2D eigenvalue weighted by atomic mass is 10.5. The molecule has 0 aliphatic heterocycles. The Labute approximate surface area is 102 Å². The van der Waals surface area contributed by atoms with Crippen LogP contribution in [0.3, 0.4) is 0 Å². The van der Waals surface area contributed by atoms with Crippen molar-refractivity contribution >= 4 is 33.0 Å². The predicted molar refractivity (Wildman–Crippen MR) is 61.9 cm³/mol. The molecule has 86 valence electrons. The quantitative estimate of drug-likeness (QED) is 0.891. The first kappa shape index (κ1) is 11.6. The summed E-state index contributed by atoms with van der Waals surface area (Å²) < 4.78 is 26.6. The van der Waals surface area contributed by atoms with Gasteiger partial charge in [-0.25, -0.2) is 18.1 Å². The van der Waals surface area contributed by atoms with Gasteiger partial charge in [-0.05, 0) is 12.1 Å². The molecule has 2 heterocycles. The van der Waals surface area contributed by atoms with E-state index in [9.17, 15) is 8.42 Å². The Hall–Kier alpha value is -0.890.